The van der Waals surface area contributed by atoms with Crippen molar-refractivity contribution in [3.05, 3.63) is 50.9 Å². The Morgan fingerprint density at radius 2 is 2.09 bits per heavy atom. The molecular formula is C13H12N5O5-. The summed E-state index contributed by atoms with van der Waals surface area (Å²) in [6, 6.07) is 3.96. The number of benzene rings is 1. The number of anilines is 1. The summed E-state index contributed by atoms with van der Waals surface area (Å²) < 4.78 is 2.71. The molecule has 0 bridgehead atoms. The summed E-state index contributed by atoms with van der Waals surface area (Å²) in [6.45, 7) is 0.152. The fraction of sp³-hybridized carbons (Fsp3) is 0.154. The van der Waals surface area contributed by atoms with Crippen LogP contribution in [0.4, 0.5) is 5.69 Å². The SMILES string of the molecule is Cn1c(=O)[nH]c(=O)c2c1ncn2Cc1ccc([O-])c(N(O)O)c1. The van der Waals surface area contributed by atoms with Crippen LogP contribution in [-0.2, 0) is 13.6 Å². The molecule has 0 aliphatic heterocycles. The Morgan fingerprint density at radius 3 is 2.78 bits per heavy atom. The molecular weight excluding hydrogens is 306 g/mol. The van der Waals surface area contributed by atoms with E-state index in [1.807, 2.05) is 0 Å². The molecule has 0 unspecified atom stereocenters. The zero-order valence-corrected chi connectivity index (χ0v) is 11.9. The third kappa shape index (κ3) is 2.45. The van der Waals surface area contributed by atoms with E-state index in [1.165, 1.54) is 40.7 Å². The molecule has 3 aromatic rings. The first kappa shape index (κ1) is 14.8. The van der Waals surface area contributed by atoms with E-state index < -0.39 is 17.0 Å². The van der Waals surface area contributed by atoms with Crippen molar-refractivity contribution < 1.29 is 15.5 Å². The molecule has 2 heterocycles. The van der Waals surface area contributed by atoms with Gasteiger partial charge in [0.15, 0.2) is 11.2 Å². The van der Waals surface area contributed by atoms with E-state index in [-0.39, 0.29) is 28.6 Å². The topological polar surface area (TPSA) is 139 Å². The van der Waals surface area contributed by atoms with Crippen LogP contribution in [0.2, 0.25) is 0 Å². The molecule has 1 aromatic carbocycles. The Bertz CT molecular complexity index is 1000. The molecule has 2 aromatic heterocycles. The summed E-state index contributed by atoms with van der Waals surface area (Å²) in [5.74, 6) is -0.561. The fourth-order valence-corrected chi connectivity index (χ4v) is 2.32. The second-order valence-electron chi connectivity index (χ2n) is 4.95. The number of nitrogens with one attached hydrogen (secondary N) is 1. The highest BCUT2D eigenvalue weighted by molar-refractivity contribution is 5.70. The Kier molecular flexibility index (Phi) is 3.39. The number of aryl methyl sites for hydroxylation is 1. The van der Waals surface area contributed by atoms with E-state index in [0.717, 1.165) is 0 Å². The van der Waals surface area contributed by atoms with Crippen molar-refractivity contribution in [2.45, 2.75) is 6.54 Å². The van der Waals surface area contributed by atoms with E-state index in [0.29, 0.717) is 5.56 Å². The number of fused-ring (bicyclic) bond motifs is 1. The molecule has 0 aliphatic carbocycles. The highest BCUT2D eigenvalue weighted by Crippen LogP contribution is 2.24. The smallest absolute Gasteiger partial charge is 0.329 e. The first-order valence-corrected chi connectivity index (χ1v) is 6.50. The number of aromatic amines is 1. The van der Waals surface area contributed by atoms with Crippen molar-refractivity contribution in [3.8, 4) is 5.75 Å². The van der Waals surface area contributed by atoms with Gasteiger partial charge in [0.1, 0.15) is 0 Å². The molecule has 0 aliphatic rings. The summed E-state index contributed by atoms with van der Waals surface area (Å²) in [5, 5.41) is 29.3. The van der Waals surface area contributed by atoms with Gasteiger partial charge in [-0.3, -0.25) is 24.8 Å². The molecule has 23 heavy (non-hydrogen) atoms. The third-order valence-electron chi connectivity index (χ3n) is 3.47. The predicted molar refractivity (Wildman–Crippen MR) is 76.6 cm³/mol. The normalized spacial score (nSPS) is 11.1. The van der Waals surface area contributed by atoms with Gasteiger partial charge in [0.2, 0.25) is 0 Å². The van der Waals surface area contributed by atoms with E-state index in [4.69, 9.17) is 10.4 Å². The maximum absolute atomic E-state index is 12.0. The van der Waals surface area contributed by atoms with Gasteiger partial charge in [0.25, 0.3) is 5.56 Å². The van der Waals surface area contributed by atoms with Gasteiger partial charge in [-0.2, -0.15) is 0 Å². The molecule has 0 spiro atoms. The Morgan fingerprint density at radius 1 is 1.35 bits per heavy atom. The van der Waals surface area contributed by atoms with Crippen LogP contribution in [0, 0.1) is 0 Å². The van der Waals surface area contributed by atoms with Gasteiger partial charge >= 0.3 is 5.69 Å². The minimum atomic E-state index is -0.577. The molecule has 0 atom stereocenters. The molecule has 120 valence electrons. The first-order chi connectivity index (χ1) is 10.9. The van der Waals surface area contributed by atoms with Gasteiger partial charge in [-0.1, -0.05) is 17.9 Å². The fourth-order valence-electron chi connectivity index (χ4n) is 2.32. The number of hydrogen-bond donors (Lipinski definition) is 3. The molecule has 10 nitrogen and oxygen atoms in total. The van der Waals surface area contributed by atoms with E-state index in [9.17, 15) is 14.7 Å². The van der Waals surface area contributed by atoms with Gasteiger partial charge in [-0.25, -0.2) is 9.78 Å². The number of H-pyrrole nitrogens is 1. The highest BCUT2D eigenvalue weighted by Gasteiger charge is 2.12. The third-order valence-corrected chi connectivity index (χ3v) is 3.47. The van der Waals surface area contributed by atoms with Gasteiger partial charge in [-0.15, -0.1) is 5.23 Å². The van der Waals surface area contributed by atoms with Crippen LogP contribution in [0.25, 0.3) is 11.2 Å². The second-order valence-corrected chi connectivity index (χ2v) is 4.95. The molecule has 0 saturated carbocycles. The van der Waals surface area contributed by atoms with E-state index in [2.05, 4.69) is 9.97 Å². The van der Waals surface area contributed by atoms with Crippen LogP contribution in [0.1, 0.15) is 5.56 Å². The Hall–Kier alpha value is -3.11. The standard InChI is InChI=1S/C13H13N5O5/c1-16-11-10(12(20)15-13(16)21)17(6-14-11)5-7-2-3-9(19)8(4-7)18(22)23/h2-4,6,19,22-23H,5H2,1H3,(H,15,20,21)/p-1. The number of rotatable bonds is 3. The zero-order valence-electron chi connectivity index (χ0n) is 11.9. The first-order valence-electron chi connectivity index (χ1n) is 6.50. The maximum Gasteiger partial charge on any atom is 0.329 e. The summed E-state index contributed by atoms with van der Waals surface area (Å²) in [5.41, 5.74) is -0.488. The zero-order chi connectivity index (χ0) is 16.7. The van der Waals surface area contributed by atoms with Crippen LogP contribution < -0.4 is 21.6 Å². The van der Waals surface area contributed by atoms with Crippen molar-refractivity contribution >= 4 is 16.9 Å². The van der Waals surface area contributed by atoms with Crippen LogP contribution >= 0.6 is 0 Å². The molecule has 0 radical (unpaired) electrons. The van der Waals surface area contributed by atoms with Crippen molar-refractivity contribution in [1.82, 2.24) is 19.1 Å². The van der Waals surface area contributed by atoms with E-state index >= 15 is 0 Å². The average Bonchev–Trinajstić information content (AvgIpc) is 2.91. The minimum Gasteiger partial charge on any atom is -0.871 e. The molecule has 0 saturated heterocycles. The number of hydrogen-bond acceptors (Lipinski definition) is 7. The van der Waals surface area contributed by atoms with Crippen LogP contribution in [-0.4, -0.2) is 29.5 Å². The van der Waals surface area contributed by atoms with Gasteiger partial charge in [-0.05, 0) is 11.6 Å². The summed E-state index contributed by atoms with van der Waals surface area (Å²) >= 11 is 0. The van der Waals surface area contributed by atoms with Crippen molar-refractivity contribution in [2.75, 3.05) is 5.23 Å². The van der Waals surface area contributed by atoms with Crippen LogP contribution in [0.3, 0.4) is 0 Å². The lowest BCUT2D eigenvalue weighted by Crippen LogP contribution is -2.29. The van der Waals surface area contributed by atoms with Gasteiger partial charge < -0.3 is 9.67 Å². The minimum absolute atomic E-state index is 0.152. The lowest BCUT2D eigenvalue weighted by molar-refractivity contribution is -0.268. The largest absolute Gasteiger partial charge is 0.871 e. The predicted octanol–water partition coefficient (Wildman–Crippen LogP) is -0.870. The Labute approximate surface area is 128 Å². The summed E-state index contributed by atoms with van der Waals surface area (Å²) in [7, 11) is 1.48. The molecule has 0 amide bonds. The lowest BCUT2D eigenvalue weighted by Gasteiger charge is -2.18. The number of imidazole rings is 1. The molecule has 3 N–H and O–H groups in total. The Balaban J connectivity index is 2.10. The van der Waals surface area contributed by atoms with Gasteiger partial charge in [0.05, 0.1) is 12.0 Å². The second kappa shape index (κ2) is 5.26. The summed E-state index contributed by atoms with van der Waals surface area (Å²) in [6.07, 6.45) is 1.39. The van der Waals surface area contributed by atoms with Gasteiger partial charge in [0, 0.05) is 13.6 Å². The van der Waals surface area contributed by atoms with Crippen molar-refractivity contribution in [1.29, 1.82) is 0 Å². The monoisotopic (exact) mass is 318 g/mol. The highest BCUT2D eigenvalue weighted by atomic mass is 16.8. The molecule has 10 heteroatoms. The molecule has 0 fully saturated rings. The summed E-state index contributed by atoms with van der Waals surface area (Å²) in [4.78, 5) is 29.8. The molecule has 3 rings (SSSR count). The lowest BCUT2D eigenvalue weighted by atomic mass is 10.2. The van der Waals surface area contributed by atoms with Crippen molar-refractivity contribution in [3.63, 3.8) is 0 Å². The number of nitrogens with zero attached hydrogens (tertiary/aromatic N) is 4. The maximum atomic E-state index is 12.0. The van der Waals surface area contributed by atoms with E-state index in [1.54, 1.807) is 0 Å². The van der Waals surface area contributed by atoms with Crippen LogP contribution in [0.15, 0.2) is 34.1 Å². The number of aromatic nitrogens is 4. The van der Waals surface area contributed by atoms with Crippen molar-refractivity contribution in [2.24, 2.45) is 7.05 Å². The van der Waals surface area contributed by atoms with Crippen LogP contribution in [0.5, 0.6) is 5.75 Å². The quantitative estimate of drug-likeness (QED) is 0.533. The average molecular weight is 318 g/mol.